The van der Waals surface area contributed by atoms with E-state index >= 15 is 0 Å². The second-order valence-electron chi connectivity index (χ2n) is 3.55. The van der Waals surface area contributed by atoms with Crippen molar-refractivity contribution in [2.45, 2.75) is 39.6 Å². The highest BCUT2D eigenvalue weighted by Gasteiger charge is 2.21. The third-order valence-corrected chi connectivity index (χ3v) is 0.999. The van der Waals surface area contributed by atoms with Crippen molar-refractivity contribution in [1.82, 2.24) is 0 Å². The first-order valence-electron chi connectivity index (χ1n) is 5.75. The first kappa shape index (κ1) is 6.40. The van der Waals surface area contributed by atoms with Crippen molar-refractivity contribution in [2.24, 2.45) is 5.89 Å². The molecule has 4 heteroatoms. The van der Waals surface area contributed by atoms with Gasteiger partial charge in [-0.1, -0.05) is 6.85 Å². The Morgan fingerprint density at radius 3 is 2.46 bits per heavy atom. The lowest BCUT2D eigenvalue weighted by molar-refractivity contribution is -0.159. The number of aliphatic carboxylic acids is 1. The lowest BCUT2D eigenvalue weighted by Gasteiger charge is -2.20. The maximum absolute atomic E-state index is 11.4. The maximum Gasteiger partial charge on any atom is 0.307 e. The molecular weight excluding hydrogens is 172 g/mol. The van der Waals surface area contributed by atoms with Crippen LogP contribution in [0.2, 0.25) is 0 Å². The number of carboxylic acids is 1. The van der Waals surface area contributed by atoms with Gasteiger partial charge in [0.15, 0.2) is 0 Å². The zero-order valence-corrected chi connectivity index (χ0v) is 7.88. The molecule has 0 saturated carbocycles. The highest BCUT2D eigenvalue weighted by molar-refractivity contribution is 5.78. The molecule has 0 aromatic rings. The first-order valence-corrected chi connectivity index (χ1v) is 3.75. The van der Waals surface area contributed by atoms with Gasteiger partial charge >= 0.3 is 11.9 Å². The fraction of sp³-hybridized carbons (Fsp3) is 0.778. The van der Waals surface area contributed by atoms with Crippen LogP contribution in [0.3, 0.4) is 0 Å². The fourth-order valence-electron chi connectivity index (χ4n) is 0.598. The van der Waals surface area contributed by atoms with Crippen molar-refractivity contribution in [3.63, 3.8) is 0 Å². The summed E-state index contributed by atoms with van der Waals surface area (Å²) in [4.78, 5) is 22.2. The third kappa shape index (κ3) is 6.13. The summed E-state index contributed by atoms with van der Waals surface area (Å²) in [5.41, 5.74) is -0.856. The van der Waals surface area contributed by atoms with Crippen LogP contribution < -0.4 is 0 Å². The average Bonchev–Trinajstić information content (AvgIpc) is 1.96. The van der Waals surface area contributed by atoms with E-state index in [1.807, 2.05) is 0 Å². The van der Waals surface area contributed by atoms with Crippen LogP contribution in [0.1, 0.15) is 39.5 Å². The van der Waals surface area contributed by atoms with Gasteiger partial charge in [-0.05, 0) is 20.8 Å². The molecule has 0 unspecified atom stereocenters. The second kappa shape index (κ2) is 4.25. The normalized spacial score (nSPS) is 21.5. The molecule has 0 bridgehead atoms. The topological polar surface area (TPSA) is 63.6 Å². The summed E-state index contributed by atoms with van der Waals surface area (Å²) in [6, 6.07) is 0. The van der Waals surface area contributed by atoms with Gasteiger partial charge in [-0.2, -0.15) is 0 Å². The lowest BCUT2D eigenvalue weighted by Crippen LogP contribution is -2.26. The van der Waals surface area contributed by atoms with Gasteiger partial charge in [-0.3, -0.25) is 9.59 Å². The number of carbonyl (C=O) groups is 2. The van der Waals surface area contributed by atoms with E-state index in [4.69, 9.17) is 15.3 Å². The Kier molecular flexibility index (Phi) is 2.10. The molecule has 0 aliphatic carbocycles. The summed E-state index contributed by atoms with van der Waals surface area (Å²) in [5, 5.41) is 8.76. The number of rotatable bonds is 3. The van der Waals surface area contributed by atoms with Crippen molar-refractivity contribution < 1.29 is 24.9 Å². The molecule has 1 N–H and O–H groups in total. The van der Waals surface area contributed by atoms with Gasteiger partial charge < -0.3 is 9.84 Å². The number of hydrogen-bond acceptors (Lipinski definition) is 3. The van der Waals surface area contributed by atoms with E-state index in [0.29, 0.717) is 0 Å². The van der Waals surface area contributed by atoms with Gasteiger partial charge in [0.05, 0.1) is 12.3 Å². The molecule has 1 atom stereocenters. The molecule has 0 fully saturated rings. The average molecular weight is 192 g/mol. The summed E-state index contributed by atoms with van der Waals surface area (Å²) in [7, 11) is 0. The Morgan fingerprint density at radius 2 is 2.15 bits per heavy atom. The van der Waals surface area contributed by atoms with E-state index in [1.165, 1.54) is 0 Å². The molecule has 0 aliphatic rings. The molecule has 0 amide bonds. The Labute approximate surface area is 83.5 Å². The predicted molar refractivity (Wildman–Crippen MR) is 47.3 cm³/mol. The minimum Gasteiger partial charge on any atom is -0.481 e. The molecule has 0 spiro atoms. The smallest absolute Gasteiger partial charge is 0.307 e. The molecule has 0 radical (unpaired) electrons. The predicted octanol–water partition coefficient (Wildman–Crippen LogP) is 1.44. The number of carboxylic acid groups (broad SMARTS) is 1. The fourth-order valence-corrected chi connectivity index (χ4v) is 0.598. The quantitative estimate of drug-likeness (QED) is 0.687. The Morgan fingerprint density at radius 1 is 1.62 bits per heavy atom. The minimum absolute atomic E-state index is 0.856. The van der Waals surface area contributed by atoms with Gasteiger partial charge in [-0.15, -0.1) is 0 Å². The second-order valence-corrected chi connectivity index (χ2v) is 3.55. The van der Waals surface area contributed by atoms with Crippen molar-refractivity contribution in [3.05, 3.63) is 0 Å². The number of esters is 1. The lowest BCUT2D eigenvalue weighted by atomic mass is 10.1. The SMILES string of the molecule is [2H]C([2H])([2H])[C@]([2H])(CC(=O)OC(C)(C)C)C(=O)O. The molecule has 0 rings (SSSR count). The van der Waals surface area contributed by atoms with E-state index in [9.17, 15) is 9.59 Å². The van der Waals surface area contributed by atoms with Crippen molar-refractivity contribution in [2.75, 3.05) is 0 Å². The molecule has 0 aromatic carbocycles. The number of ether oxygens (including phenoxy) is 1. The Hall–Kier alpha value is -1.06. The van der Waals surface area contributed by atoms with Crippen LogP contribution in [0.5, 0.6) is 0 Å². The number of hydrogen-bond donors (Lipinski definition) is 1. The third-order valence-electron chi connectivity index (χ3n) is 0.999. The molecule has 13 heavy (non-hydrogen) atoms. The monoisotopic (exact) mass is 192 g/mol. The maximum atomic E-state index is 11.4. The summed E-state index contributed by atoms with van der Waals surface area (Å²) in [6.07, 6.45) is -1.02. The van der Waals surface area contributed by atoms with Gasteiger partial charge in [-0.25, -0.2) is 0 Å². The Bertz CT molecular complexity index is 318. The molecule has 0 heterocycles. The highest BCUT2D eigenvalue weighted by atomic mass is 16.6. The van der Waals surface area contributed by atoms with E-state index in [2.05, 4.69) is 0 Å². The van der Waals surface area contributed by atoms with E-state index in [-0.39, 0.29) is 0 Å². The Balaban J connectivity index is 4.93. The van der Waals surface area contributed by atoms with Crippen LogP contribution in [0.15, 0.2) is 0 Å². The molecular formula is C9H16O4. The summed E-state index contributed by atoms with van der Waals surface area (Å²) in [6.45, 7) is 1.58. The van der Waals surface area contributed by atoms with Crippen LogP contribution in [0.4, 0.5) is 0 Å². The zero-order valence-electron chi connectivity index (χ0n) is 11.9. The molecule has 0 aromatic heterocycles. The molecule has 76 valence electrons. The minimum atomic E-state index is -3.10. The van der Waals surface area contributed by atoms with Crippen molar-refractivity contribution in [1.29, 1.82) is 0 Å². The largest absolute Gasteiger partial charge is 0.481 e. The standard InChI is InChI=1S/C9H16O4/c1-6(8(11)12)5-7(10)13-9(2,3)4/h6H,5H2,1-4H3,(H,11,12)/t6-/m1/s1/i1D3,6D. The van der Waals surface area contributed by atoms with Gasteiger partial charge in [0.2, 0.25) is 0 Å². The van der Waals surface area contributed by atoms with Crippen molar-refractivity contribution >= 4 is 11.9 Å². The van der Waals surface area contributed by atoms with E-state index < -0.39 is 36.7 Å². The molecule has 4 nitrogen and oxygen atoms in total. The van der Waals surface area contributed by atoms with Crippen LogP contribution in [-0.4, -0.2) is 22.6 Å². The number of carbonyl (C=O) groups excluding carboxylic acids is 1. The summed E-state index contributed by atoms with van der Waals surface area (Å²) < 4.78 is 33.2. The van der Waals surface area contributed by atoms with Crippen LogP contribution in [0.25, 0.3) is 0 Å². The summed E-state index contributed by atoms with van der Waals surface area (Å²) in [5.74, 6) is -5.77. The van der Waals surface area contributed by atoms with Crippen molar-refractivity contribution in [3.8, 4) is 0 Å². The highest BCUT2D eigenvalue weighted by Crippen LogP contribution is 2.11. The van der Waals surface area contributed by atoms with Crippen LogP contribution >= 0.6 is 0 Å². The van der Waals surface area contributed by atoms with Crippen LogP contribution in [0, 0.1) is 5.89 Å². The molecule has 0 aliphatic heterocycles. The first-order chi connectivity index (χ1) is 7.29. The van der Waals surface area contributed by atoms with Crippen LogP contribution in [-0.2, 0) is 14.3 Å². The molecule has 0 saturated heterocycles. The summed E-state index contributed by atoms with van der Waals surface area (Å²) >= 11 is 0. The van der Waals surface area contributed by atoms with Gasteiger partial charge in [0.1, 0.15) is 5.60 Å². The van der Waals surface area contributed by atoms with E-state index in [0.717, 1.165) is 0 Å². The van der Waals surface area contributed by atoms with Gasteiger partial charge in [0.25, 0.3) is 0 Å². The van der Waals surface area contributed by atoms with E-state index in [1.54, 1.807) is 20.8 Å². The zero-order chi connectivity index (χ0) is 14.1. The van der Waals surface area contributed by atoms with Gasteiger partial charge in [0, 0.05) is 5.48 Å².